The van der Waals surface area contributed by atoms with Crippen molar-refractivity contribution in [3.8, 4) is 5.75 Å². The first-order valence-corrected chi connectivity index (χ1v) is 10.7. The van der Waals surface area contributed by atoms with Gasteiger partial charge in [0.25, 0.3) is 0 Å². The SMILES string of the molecule is COc1cccc(CN2C[C@@H](C(=O)N3CCC(c4ccncc4)CC3)CCC2=O)c1. The van der Waals surface area contributed by atoms with Crippen molar-refractivity contribution in [2.45, 2.75) is 38.1 Å². The lowest BCUT2D eigenvalue weighted by atomic mass is 9.88. The molecule has 2 aromatic rings. The fraction of sp³-hybridized carbons (Fsp3) is 0.458. The predicted octanol–water partition coefficient (Wildman–Crippen LogP) is 3.24. The van der Waals surface area contributed by atoms with E-state index in [0.717, 1.165) is 37.2 Å². The number of methoxy groups -OCH3 is 1. The topological polar surface area (TPSA) is 62.7 Å². The average Bonchev–Trinajstić information content (AvgIpc) is 2.81. The number of carbonyl (C=O) groups is 2. The van der Waals surface area contributed by atoms with Crippen molar-refractivity contribution in [2.75, 3.05) is 26.7 Å². The molecule has 0 saturated carbocycles. The first-order valence-electron chi connectivity index (χ1n) is 10.7. The van der Waals surface area contributed by atoms with Gasteiger partial charge in [-0.1, -0.05) is 12.1 Å². The Hall–Kier alpha value is -2.89. The summed E-state index contributed by atoms with van der Waals surface area (Å²) in [7, 11) is 1.64. The molecule has 3 heterocycles. The molecular weight excluding hydrogens is 378 g/mol. The molecule has 6 heteroatoms. The Morgan fingerprint density at radius 2 is 1.90 bits per heavy atom. The second-order valence-corrected chi connectivity index (χ2v) is 8.24. The first-order chi connectivity index (χ1) is 14.6. The van der Waals surface area contributed by atoms with Crippen LogP contribution in [0.15, 0.2) is 48.8 Å². The minimum Gasteiger partial charge on any atom is -0.497 e. The van der Waals surface area contributed by atoms with Crippen LogP contribution >= 0.6 is 0 Å². The number of hydrogen-bond donors (Lipinski definition) is 0. The molecule has 0 radical (unpaired) electrons. The molecule has 2 aliphatic rings. The number of hydrogen-bond acceptors (Lipinski definition) is 4. The molecule has 0 spiro atoms. The molecule has 2 fully saturated rings. The normalized spacial score (nSPS) is 20.3. The minimum atomic E-state index is -0.106. The van der Waals surface area contributed by atoms with E-state index in [4.69, 9.17) is 4.74 Å². The van der Waals surface area contributed by atoms with Gasteiger partial charge in [-0.15, -0.1) is 0 Å². The average molecular weight is 408 g/mol. The summed E-state index contributed by atoms with van der Waals surface area (Å²) in [4.78, 5) is 33.5. The van der Waals surface area contributed by atoms with Gasteiger partial charge in [-0.05, 0) is 60.6 Å². The van der Waals surface area contributed by atoms with E-state index in [9.17, 15) is 9.59 Å². The molecule has 30 heavy (non-hydrogen) atoms. The molecule has 0 N–H and O–H groups in total. The maximum atomic E-state index is 13.2. The van der Waals surface area contributed by atoms with Gasteiger partial charge in [-0.25, -0.2) is 0 Å². The molecule has 0 unspecified atom stereocenters. The van der Waals surface area contributed by atoms with E-state index in [2.05, 4.69) is 17.1 Å². The van der Waals surface area contributed by atoms with Crippen molar-refractivity contribution in [2.24, 2.45) is 5.92 Å². The van der Waals surface area contributed by atoms with Crippen molar-refractivity contribution < 1.29 is 14.3 Å². The Balaban J connectivity index is 1.34. The van der Waals surface area contributed by atoms with Gasteiger partial charge in [0.05, 0.1) is 13.0 Å². The summed E-state index contributed by atoms with van der Waals surface area (Å²) in [6.07, 6.45) is 6.72. The molecule has 2 amide bonds. The highest BCUT2D eigenvalue weighted by molar-refractivity contribution is 5.84. The minimum absolute atomic E-state index is 0.106. The molecule has 6 nitrogen and oxygen atoms in total. The van der Waals surface area contributed by atoms with Crippen LogP contribution in [-0.4, -0.2) is 53.3 Å². The third kappa shape index (κ3) is 4.64. The number of amides is 2. The van der Waals surface area contributed by atoms with E-state index in [0.29, 0.717) is 31.8 Å². The fourth-order valence-electron chi connectivity index (χ4n) is 4.59. The third-order valence-corrected chi connectivity index (χ3v) is 6.34. The highest BCUT2D eigenvalue weighted by Crippen LogP contribution is 2.30. The van der Waals surface area contributed by atoms with Crippen molar-refractivity contribution in [3.63, 3.8) is 0 Å². The molecule has 0 bridgehead atoms. The predicted molar refractivity (Wildman–Crippen MR) is 114 cm³/mol. The van der Waals surface area contributed by atoms with Gasteiger partial charge >= 0.3 is 0 Å². The van der Waals surface area contributed by atoms with Gasteiger partial charge < -0.3 is 14.5 Å². The van der Waals surface area contributed by atoms with Crippen LogP contribution in [-0.2, 0) is 16.1 Å². The molecule has 2 saturated heterocycles. The Bertz CT molecular complexity index is 878. The van der Waals surface area contributed by atoms with E-state index in [1.165, 1.54) is 5.56 Å². The van der Waals surface area contributed by atoms with E-state index < -0.39 is 0 Å². The second kappa shape index (κ2) is 9.28. The number of aromatic nitrogens is 1. The molecule has 1 atom stereocenters. The molecule has 4 rings (SSSR count). The zero-order chi connectivity index (χ0) is 20.9. The fourth-order valence-corrected chi connectivity index (χ4v) is 4.59. The van der Waals surface area contributed by atoms with Crippen molar-refractivity contribution in [1.82, 2.24) is 14.8 Å². The summed E-state index contributed by atoms with van der Waals surface area (Å²) >= 11 is 0. The van der Waals surface area contributed by atoms with Crippen LogP contribution in [0.25, 0.3) is 0 Å². The van der Waals surface area contributed by atoms with Gasteiger partial charge in [0.15, 0.2) is 0 Å². The highest BCUT2D eigenvalue weighted by atomic mass is 16.5. The lowest BCUT2D eigenvalue weighted by molar-refractivity contribution is -0.144. The largest absolute Gasteiger partial charge is 0.497 e. The zero-order valence-electron chi connectivity index (χ0n) is 17.5. The number of ether oxygens (including phenoxy) is 1. The maximum absolute atomic E-state index is 13.2. The summed E-state index contributed by atoms with van der Waals surface area (Å²) in [6, 6.07) is 11.9. The van der Waals surface area contributed by atoms with Crippen LogP contribution in [0.5, 0.6) is 5.75 Å². The van der Waals surface area contributed by atoms with Gasteiger partial charge in [0, 0.05) is 45.0 Å². The van der Waals surface area contributed by atoms with E-state index in [-0.39, 0.29) is 17.7 Å². The van der Waals surface area contributed by atoms with E-state index in [1.54, 1.807) is 7.11 Å². The van der Waals surface area contributed by atoms with Crippen LogP contribution in [0.1, 0.15) is 42.7 Å². The van der Waals surface area contributed by atoms with Crippen LogP contribution in [0, 0.1) is 5.92 Å². The quantitative estimate of drug-likeness (QED) is 0.763. The summed E-state index contributed by atoms with van der Waals surface area (Å²) in [5.74, 6) is 1.49. The van der Waals surface area contributed by atoms with Crippen LogP contribution < -0.4 is 4.74 Å². The summed E-state index contributed by atoms with van der Waals surface area (Å²) in [5.41, 5.74) is 2.33. The van der Waals surface area contributed by atoms with Crippen molar-refractivity contribution >= 4 is 11.8 Å². The molecule has 158 valence electrons. The molecule has 2 aliphatic heterocycles. The summed E-state index contributed by atoms with van der Waals surface area (Å²) in [5, 5.41) is 0. The van der Waals surface area contributed by atoms with Gasteiger partial charge in [0.2, 0.25) is 11.8 Å². The third-order valence-electron chi connectivity index (χ3n) is 6.34. The standard InChI is InChI=1S/C24H29N3O3/c1-30-22-4-2-3-18(15-22)16-27-17-21(5-6-23(27)28)24(29)26-13-9-20(10-14-26)19-7-11-25-12-8-19/h2-4,7-8,11-12,15,20-21H,5-6,9-10,13-14,16-17H2,1H3/t21-/m0/s1. The monoisotopic (exact) mass is 407 g/mol. The Morgan fingerprint density at radius 3 is 2.63 bits per heavy atom. The van der Waals surface area contributed by atoms with Crippen molar-refractivity contribution in [1.29, 1.82) is 0 Å². The van der Waals surface area contributed by atoms with Crippen LogP contribution in [0.4, 0.5) is 0 Å². The summed E-state index contributed by atoms with van der Waals surface area (Å²) in [6.45, 7) is 2.58. The smallest absolute Gasteiger partial charge is 0.227 e. The van der Waals surface area contributed by atoms with Crippen LogP contribution in [0.2, 0.25) is 0 Å². The first kappa shape index (κ1) is 20.4. The van der Waals surface area contributed by atoms with Crippen LogP contribution in [0.3, 0.4) is 0 Å². The number of piperidine rings is 2. The van der Waals surface area contributed by atoms with Crippen molar-refractivity contribution in [3.05, 3.63) is 59.9 Å². The lowest BCUT2D eigenvalue weighted by Crippen LogP contribution is -2.48. The summed E-state index contributed by atoms with van der Waals surface area (Å²) < 4.78 is 5.28. The second-order valence-electron chi connectivity index (χ2n) is 8.24. The highest BCUT2D eigenvalue weighted by Gasteiger charge is 2.34. The number of nitrogens with zero attached hydrogens (tertiary/aromatic N) is 3. The van der Waals surface area contributed by atoms with E-state index in [1.807, 2.05) is 46.5 Å². The Labute approximate surface area is 177 Å². The zero-order valence-corrected chi connectivity index (χ0v) is 17.5. The van der Waals surface area contributed by atoms with Gasteiger partial charge in [-0.2, -0.15) is 0 Å². The maximum Gasteiger partial charge on any atom is 0.227 e. The number of carbonyl (C=O) groups excluding carboxylic acids is 2. The molecular formula is C24H29N3O3. The lowest BCUT2D eigenvalue weighted by Gasteiger charge is -2.38. The molecule has 1 aromatic carbocycles. The van der Waals surface area contributed by atoms with Gasteiger partial charge in [-0.3, -0.25) is 14.6 Å². The number of pyridine rings is 1. The molecule has 0 aliphatic carbocycles. The van der Waals surface area contributed by atoms with Gasteiger partial charge in [0.1, 0.15) is 5.75 Å². The number of likely N-dealkylation sites (tertiary alicyclic amines) is 2. The van der Waals surface area contributed by atoms with E-state index >= 15 is 0 Å². The number of rotatable bonds is 5. The molecule has 1 aromatic heterocycles. The Kier molecular flexibility index (Phi) is 6.31. The number of benzene rings is 1. The Morgan fingerprint density at radius 1 is 1.13 bits per heavy atom.